The molecule has 2 heteroatoms. The average Bonchev–Trinajstić information content (AvgIpc) is 2.78. The number of carbonyl (C=O) groups excluding carboxylic acids is 1. The van der Waals surface area contributed by atoms with Gasteiger partial charge >= 0.3 is 0 Å². The lowest BCUT2D eigenvalue weighted by Crippen LogP contribution is -1.97. The minimum absolute atomic E-state index is 0.116. The number of aliphatic hydroxyl groups is 1. The Kier molecular flexibility index (Phi) is 3.48. The number of rotatable bonds is 3. The van der Waals surface area contributed by atoms with Crippen LogP contribution in [0.2, 0.25) is 0 Å². The van der Waals surface area contributed by atoms with Gasteiger partial charge in [0.05, 0.1) is 0 Å². The van der Waals surface area contributed by atoms with Crippen LogP contribution in [-0.2, 0) is 17.6 Å². The molecule has 1 aliphatic rings. The van der Waals surface area contributed by atoms with Crippen molar-refractivity contribution in [2.24, 2.45) is 0 Å². The van der Waals surface area contributed by atoms with Crippen LogP contribution in [-0.4, -0.2) is 17.5 Å². The van der Waals surface area contributed by atoms with Crippen molar-refractivity contribution >= 4 is 17.4 Å². The zero-order chi connectivity index (χ0) is 13.9. The third kappa shape index (κ3) is 2.30. The molecule has 0 saturated heterocycles. The van der Waals surface area contributed by atoms with Crippen LogP contribution in [0.1, 0.15) is 22.3 Å². The molecular weight excluding hydrogens is 248 g/mol. The summed E-state index contributed by atoms with van der Waals surface area (Å²) in [4.78, 5) is 12.2. The molecule has 20 heavy (non-hydrogen) atoms. The normalized spacial score (nSPS) is 15.7. The molecule has 0 spiro atoms. The molecule has 1 N–H and O–H groups in total. The van der Waals surface area contributed by atoms with Gasteiger partial charge in [0.15, 0.2) is 5.78 Å². The Hall–Kier alpha value is -2.19. The summed E-state index contributed by atoms with van der Waals surface area (Å²) in [6, 6.07) is 15.8. The highest BCUT2D eigenvalue weighted by atomic mass is 16.2. The average molecular weight is 264 g/mol. The van der Waals surface area contributed by atoms with Gasteiger partial charge in [0.25, 0.3) is 0 Å². The SMILES string of the molecule is O=C1Cc2ccccc2/C1=C/c1ccccc1CCO. The molecule has 100 valence electrons. The molecule has 0 aromatic heterocycles. The predicted molar refractivity (Wildman–Crippen MR) is 80.3 cm³/mol. The first-order chi connectivity index (χ1) is 9.79. The molecule has 0 radical (unpaired) electrons. The zero-order valence-electron chi connectivity index (χ0n) is 11.2. The summed E-state index contributed by atoms with van der Waals surface area (Å²) in [5, 5.41) is 9.13. The maximum Gasteiger partial charge on any atom is 0.167 e. The summed E-state index contributed by atoms with van der Waals surface area (Å²) in [6.45, 7) is 0.116. The van der Waals surface area contributed by atoms with E-state index in [1.54, 1.807) is 0 Å². The Morgan fingerprint density at radius 3 is 2.65 bits per heavy atom. The maximum absolute atomic E-state index is 12.2. The number of aliphatic hydroxyl groups excluding tert-OH is 1. The van der Waals surface area contributed by atoms with Crippen molar-refractivity contribution in [3.8, 4) is 0 Å². The van der Waals surface area contributed by atoms with Gasteiger partial charge in [-0.2, -0.15) is 0 Å². The van der Waals surface area contributed by atoms with Crippen LogP contribution in [0.25, 0.3) is 11.6 Å². The molecule has 0 heterocycles. The molecule has 3 rings (SSSR count). The van der Waals surface area contributed by atoms with Crippen molar-refractivity contribution in [3.63, 3.8) is 0 Å². The highest BCUT2D eigenvalue weighted by molar-refractivity contribution is 6.29. The summed E-state index contributed by atoms with van der Waals surface area (Å²) >= 11 is 0. The molecule has 2 nitrogen and oxygen atoms in total. The van der Waals surface area contributed by atoms with E-state index in [-0.39, 0.29) is 12.4 Å². The van der Waals surface area contributed by atoms with Crippen LogP contribution in [0.5, 0.6) is 0 Å². The van der Waals surface area contributed by atoms with Gasteiger partial charge in [-0.05, 0) is 34.8 Å². The first-order valence-corrected chi connectivity index (χ1v) is 6.81. The number of ketones is 1. The third-order valence-electron chi connectivity index (χ3n) is 3.70. The van der Waals surface area contributed by atoms with E-state index in [1.165, 1.54) is 0 Å². The van der Waals surface area contributed by atoms with Crippen molar-refractivity contribution in [3.05, 3.63) is 70.8 Å². The summed E-state index contributed by atoms with van der Waals surface area (Å²) < 4.78 is 0. The Bertz CT molecular complexity index is 683. The van der Waals surface area contributed by atoms with Gasteiger partial charge in [0.1, 0.15) is 0 Å². The lowest BCUT2D eigenvalue weighted by molar-refractivity contribution is -0.112. The molecule has 2 aromatic carbocycles. The Balaban J connectivity index is 2.07. The Labute approximate surface area is 118 Å². The highest BCUT2D eigenvalue weighted by Crippen LogP contribution is 2.31. The second-order valence-corrected chi connectivity index (χ2v) is 4.99. The standard InChI is InChI=1S/C18H16O2/c19-10-9-13-5-1-2-6-14(13)11-17-16-8-4-3-7-15(16)12-18(17)20/h1-8,11,19H,9-10,12H2/b17-11-. The fourth-order valence-electron chi connectivity index (χ4n) is 2.69. The largest absolute Gasteiger partial charge is 0.396 e. The van der Waals surface area contributed by atoms with E-state index >= 15 is 0 Å². The van der Waals surface area contributed by atoms with Crippen LogP contribution in [0.4, 0.5) is 0 Å². The molecule has 0 amide bonds. The fourth-order valence-corrected chi connectivity index (χ4v) is 2.69. The molecule has 0 atom stereocenters. The van der Waals surface area contributed by atoms with E-state index < -0.39 is 0 Å². The van der Waals surface area contributed by atoms with Crippen LogP contribution in [0.15, 0.2) is 48.5 Å². The minimum atomic E-state index is 0.116. The second kappa shape index (κ2) is 5.43. The van der Waals surface area contributed by atoms with Crippen LogP contribution < -0.4 is 0 Å². The topological polar surface area (TPSA) is 37.3 Å². The molecule has 0 aliphatic heterocycles. The zero-order valence-corrected chi connectivity index (χ0v) is 11.2. The molecule has 0 saturated carbocycles. The van der Waals surface area contributed by atoms with Crippen LogP contribution in [0, 0.1) is 0 Å². The van der Waals surface area contributed by atoms with Crippen molar-refractivity contribution in [2.75, 3.05) is 6.61 Å². The number of benzene rings is 2. The van der Waals surface area contributed by atoms with Crippen molar-refractivity contribution < 1.29 is 9.90 Å². The molecule has 1 aliphatic carbocycles. The fraction of sp³-hybridized carbons (Fsp3) is 0.167. The van der Waals surface area contributed by atoms with Crippen LogP contribution >= 0.6 is 0 Å². The van der Waals surface area contributed by atoms with Gasteiger partial charge in [0.2, 0.25) is 0 Å². The molecule has 2 aromatic rings. The number of Topliss-reactive ketones (excluding diaryl/α,β-unsaturated/α-hetero) is 1. The number of hydrogen-bond donors (Lipinski definition) is 1. The van der Waals surface area contributed by atoms with Crippen molar-refractivity contribution in [1.29, 1.82) is 0 Å². The maximum atomic E-state index is 12.2. The van der Waals surface area contributed by atoms with E-state index in [0.717, 1.165) is 27.8 Å². The van der Waals surface area contributed by atoms with Gasteiger partial charge in [-0.15, -0.1) is 0 Å². The summed E-state index contributed by atoms with van der Waals surface area (Å²) in [7, 11) is 0. The van der Waals surface area contributed by atoms with Gasteiger partial charge in [0, 0.05) is 18.6 Å². The predicted octanol–water partition coefficient (Wildman–Crippen LogP) is 2.89. The van der Waals surface area contributed by atoms with E-state index in [0.29, 0.717) is 12.8 Å². The van der Waals surface area contributed by atoms with Crippen LogP contribution in [0.3, 0.4) is 0 Å². The van der Waals surface area contributed by atoms with E-state index in [4.69, 9.17) is 5.11 Å². The molecular formula is C18H16O2. The van der Waals surface area contributed by atoms with Crippen molar-refractivity contribution in [1.82, 2.24) is 0 Å². The van der Waals surface area contributed by atoms with Crippen molar-refractivity contribution in [2.45, 2.75) is 12.8 Å². The minimum Gasteiger partial charge on any atom is -0.396 e. The van der Waals surface area contributed by atoms with E-state index in [1.807, 2.05) is 54.6 Å². The van der Waals surface area contributed by atoms with Gasteiger partial charge in [-0.1, -0.05) is 48.5 Å². The second-order valence-electron chi connectivity index (χ2n) is 4.99. The highest BCUT2D eigenvalue weighted by Gasteiger charge is 2.23. The summed E-state index contributed by atoms with van der Waals surface area (Å²) in [5.74, 6) is 0.171. The number of hydrogen-bond acceptors (Lipinski definition) is 2. The monoisotopic (exact) mass is 264 g/mol. The summed E-state index contributed by atoms with van der Waals surface area (Å²) in [5.41, 5.74) is 5.01. The first-order valence-electron chi connectivity index (χ1n) is 6.81. The van der Waals surface area contributed by atoms with E-state index in [2.05, 4.69) is 0 Å². The quantitative estimate of drug-likeness (QED) is 0.865. The molecule has 0 bridgehead atoms. The lowest BCUT2D eigenvalue weighted by Gasteiger charge is -2.06. The smallest absolute Gasteiger partial charge is 0.167 e. The van der Waals surface area contributed by atoms with E-state index in [9.17, 15) is 4.79 Å². The number of fused-ring (bicyclic) bond motifs is 1. The summed E-state index contributed by atoms with van der Waals surface area (Å²) in [6.07, 6.45) is 3.05. The number of allylic oxidation sites excluding steroid dienone is 1. The Morgan fingerprint density at radius 1 is 1.05 bits per heavy atom. The first kappa shape index (κ1) is 12.8. The van der Waals surface area contributed by atoms with Gasteiger partial charge in [-0.25, -0.2) is 0 Å². The number of carbonyl (C=O) groups is 1. The van der Waals surface area contributed by atoms with Gasteiger partial charge in [-0.3, -0.25) is 4.79 Å². The molecule has 0 fully saturated rings. The third-order valence-corrected chi connectivity index (χ3v) is 3.70. The Morgan fingerprint density at radius 2 is 1.80 bits per heavy atom. The lowest BCUT2D eigenvalue weighted by atomic mass is 9.99. The van der Waals surface area contributed by atoms with Gasteiger partial charge < -0.3 is 5.11 Å². The molecule has 0 unspecified atom stereocenters.